The number of amides is 2. The summed E-state index contributed by atoms with van der Waals surface area (Å²) in [5.74, 6) is -0.0941. The maximum absolute atomic E-state index is 12.0. The van der Waals surface area contributed by atoms with Gasteiger partial charge in [0.15, 0.2) is 0 Å². The van der Waals surface area contributed by atoms with E-state index in [1.54, 1.807) is 4.90 Å². The van der Waals surface area contributed by atoms with E-state index in [1.807, 2.05) is 13.8 Å². The second-order valence-corrected chi connectivity index (χ2v) is 4.68. The topological polar surface area (TPSA) is 58.6 Å². The minimum atomic E-state index is -0.364. The lowest BCUT2D eigenvalue weighted by molar-refractivity contribution is -0.145. The Morgan fingerprint density at radius 3 is 2.89 bits per heavy atom. The molecule has 5 nitrogen and oxygen atoms in total. The van der Waals surface area contributed by atoms with E-state index in [1.165, 1.54) is 0 Å². The fourth-order valence-electron chi connectivity index (χ4n) is 1.87. The first-order chi connectivity index (χ1) is 8.54. The molecule has 1 fully saturated rings. The van der Waals surface area contributed by atoms with E-state index in [-0.39, 0.29) is 24.4 Å². The van der Waals surface area contributed by atoms with Crippen molar-refractivity contribution in [2.75, 3.05) is 26.3 Å². The number of piperazine rings is 1. The van der Waals surface area contributed by atoms with Crippen LogP contribution in [-0.4, -0.2) is 49.1 Å². The Labute approximate surface area is 108 Å². The monoisotopic (exact) mass is 254 g/mol. The molecule has 0 spiro atoms. The summed E-state index contributed by atoms with van der Waals surface area (Å²) >= 11 is 0. The predicted molar refractivity (Wildman–Crippen MR) is 69.1 cm³/mol. The lowest BCUT2D eigenvalue weighted by Gasteiger charge is -2.32. The average molecular weight is 254 g/mol. The smallest absolute Gasteiger partial charge is 0.245 e. The summed E-state index contributed by atoms with van der Waals surface area (Å²) in [6.07, 6.45) is 1.56. The molecule has 1 atom stereocenters. The third-order valence-electron chi connectivity index (χ3n) is 2.71. The summed E-state index contributed by atoms with van der Waals surface area (Å²) in [5.41, 5.74) is 0.946. The molecule has 0 aromatic rings. The number of carbonyl (C=O) groups is 2. The lowest BCUT2D eigenvalue weighted by atomic mass is 10.1. The Bertz CT molecular complexity index is 328. The summed E-state index contributed by atoms with van der Waals surface area (Å²) in [4.78, 5) is 25.1. The van der Waals surface area contributed by atoms with Gasteiger partial charge in [-0.1, -0.05) is 25.5 Å². The van der Waals surface area contributed by atoms with Crippen LogP contribution in [0.25, 0.3) is 0 Å². The van der Waals surface area contributed by atoms with Crippen molar-refractivity contribution in [1.29, 1.82) is 0 Å². The molecule has 0 aromatic carbocycles. The van der Waals surface area contributed by atoms with Gasteiger partial charge in [-0.25, -0.2) is 0 Å². The quantitative estimate of drug-likeness (QED) is 0.537. The van der Waals surface area contributed by atoms with Gasteiger partial charge in [0.2, 0.25) is 11.8 Å². The van der Waals surface area contributed by atoms with Crippen molar-refractivity contribution in [2.24, 2.45) is 0 Å². The van der Waals surface area contributed by atoms with Crippen molar-refractivity contribution in [3.63, 3.8) is 0 Å². The van der Waals surface area contributed by atoms with Crippen LogP contribution in [0.4, 0.5) is 0 Å². The van der Waals surface area contributed by atoms with Crippen molar-refractivity contribution in [2.45, 2.75) is 32.7 Å². The van der Waals surface area contributed by atoms with Gasteiger partial charge in [-0.3, -0.25) is 9.59 Å². The number of rotatable bonds is 7. The highest BCUT2D eigenvalue weighted by molar-refractivity contribution is 5.94. The number of nitrogens with zero attached hydrogens (tertiary/aromatic N) is 1. The van der Waals surface area contributed by atoms with E-state index >= 15 is 0 Å². The van der Waals surface area contributed by atoms with Crippen molar-refractivity contribution < 1.29 is 14.3 Å². The van der Waals surface area contributed by atoms with E-state index in [4.69, 9.17) is 4.74 Å². The van der Waals surface area contributed by atoms with Gasteiger partial charge in [0.1, 0.15) is 6.04 Å². The average Bonchev–Trinajstić information content (AvgIpc) is 2.30. The van der Waals surface area contributed by atoms with Gasteiger partial charge in [-0.2, -0.15) is 0 Å². The molecule has 0 bridgehead atoms. The van der Waals surface area contributed by atoms with E-state index in [0.29, 0.717) is 26.2 Å². The number of nitrogens with one attached hydrogen (secondary N) is 1. The minimum Gasteiger partial charge on any atom is -0.375 e. The summed E-state index contributed by atoms with van der Waals surface area (Å²) in [7, 11) is 0. The number of carbonyl (C=O) groups excluding carboxylic acids is 2. The van der Waals surface area contributed by atoms with E-state index in [9.17, 15) is 9.59 Å². The molecule has 0 radical (unpaired) electrons. The summed E-state index contributed by atoms with van der Waals surface area (Å²) in [6.45, 7) is 9.13. The van der Waals surface area contributed by atoms with Crippen LogP contribution in [0, 0.1) is 0 Å². The van der Waals surface area contributed by atoms with Crippen LogP contribution in [0.3, 0.4) is 0 Å². The maximum atomic E-state index is 12.0. The zero-order chi connectivity index (χ0) is 13.5. The highest BCUT2D eigenvalue weighted by Crippen LogP contribution is 2.07. The van der Waals surface area contributed by atoms with Gasteiger partial charge in [-0.15, -0.1) is 0 Å². The van der Waals surface area contributed by atoms with E-state index in [0.717, 1.165) is 12.0 Å². The highest BCUT2D eigenvalue weighted by Gasteiger charge is 2.31. The van der Waals surface area contributed by atoms with Crippen LogP contribution in [0.5, 0.6) is 0 Å². The minimum absolute atomic E-state index is 0.00428. The predicted octanol–water partition coefficient (Wildman–Crippen LogP) is 0.706. The first-order valence-electron chi connectivity index (χ1n) is 6.35. The first kappa shape index (κ1) is 14.7. The number of hydrogen-bond donors (Lipinski definition) is 1. The van der Waals surface area contributed by atoms with Gasteiger partial charge >= 0.3 is 0 Å². The molecule has 1 aliphatic heterocycles. The van der Waals surface area contributed by atoms with Gasteiger partial charge in [-0.05, 0) is 13.3 Å². The SMILES string of the molecule is C=C(C)COCCN1CC(=O)NC(CCC)C1=O. The molecule has 0 aliphatic carbocycles. The molecule has 1 heterocycles. The Kier molecular flexibility index (Phi) is 5.85. The molecule has 0 saturated carbocycles. The van der Waals surface area contributed by atoms with Gasteiger partial charge < -0.3 is 15.0 Å². The van der Waals surface area contributed by atoms with Crippen LogP contribution in [0.1, 0.15) is 26.7 Å². The van der Waals surface area contributed by atoms with E-state index in [2.05, 4.69) is 11.9 Å². The molecule has 1 saturated heterocycles. The van der Waals surface area contributed by atoms with Crippen molar-refractivity contribution in [3.8, 4) is 0 Å². The normalized spacial score (nSPS) is 19.9. The molecule has 1 rings (SSSR count). The van der Waals surface area contributed by atoms with Crippen LogP contribution in [0.15, 0.2) is 12.2 Å². The van der Waals surface area contributed by atoms with Crippen molar-refractivity contribution >= 4 is 11.8 Å². The Morgan fingerprint density at radius 2 is 2.28 bits per heavy atom. The molecule has 1 N–H and O–H groups in total. The lowest BCUT2D eigenvalue weighted by Crippen LogP contribution is -2.58. The second-order valence-electron chi connectivity index (χ2n) is 4.68. The molecule has 18 heavy (non-hydrogen) atoms. The molecule has 1 aliphatic rings. The largest absolute Gasteiger partial charge is 0.375 e. The van der Waals surface area contributed by atoms with Crippen LogP contribution < -0.4 is 5.32 Å². The summed E-state index contributed by atoms with van der Waals surface area (Å²) in [5, 5.41) is 2.72. The fourth-order valence-corrected chi connectivity index (χ4v) is 1.87. The number of ether oxygens (including phenoxy) is 1. The fraction of sp³-hybridized carbons (Fsp3) is 0.692. The van der Waals surface area contributed by atoms with E-state index < -0.39 is 0 Å². The maximum Gasteiger partial charge on any atom is 0.245 e. The Balaban J connectivity index is 2.40. The molecular weight excluding hydrogens is 232 g/mol. The molecule has 0 aromatic heterocycles. The molecule has 1 unspecified atom stereocenters. The second kappa shape index (κ2) is 7.16. The molecule has 2 amide bonds. The summed E-state index contributed by atoms with van der Waals surface area (Å²) < 4.78 is 5.35. The third kappa shape index (κ3) is 4.49. The van der Waals surface area contributed by atoms with Crippen molar-refractivity contribution in [1.82, 2.24) is 10.2 Å². The van der Waals surface area contributed by atoms with Crippen molar-refractivity contribution in [3.05, 3.63) is 12.2 Å². The standard InChI is InChI=1S/C13H22N2O3/c1-4-5-11-13(17)15(8-12(16)14-11)6-7-18-9-10(2)3/h11H,2,4-9H2,1,3H3,(H,14,16). The van der Waals surface area contributed by atoms with Gasteiger partial charge in [0.05, 0.1) is 19.8 Å². The Hall–Kier alpha value is -1.36. The van der Waals surface area contributed by atoms with Gasteiger partial charge in [0.25, 0.3) is 0 Å². The number of hydrogen-bond acceptors (Lipinski definition) is 3. The molecule has 5 heteroatoms. The van der Waals surface area contributed by atoms with Crippen LogP contribution >= 0.6 is 0 Å². The zero-order valence-electron chi connectivity index (χ0n) is 11.2. The highest BCUT2D eigenvalue weighted by atomic mass is 16.5. The third-order valence-corrected chi connectivity index (χ3v) is 2.71. The van der Waals surface area contributed by atoms with Crippen LogP contribution in [0.2, 0.25) is 0 Å². The molecule has 102 valence electrons. The molecular formula is C13H22N2O3. The first-order valence-corrected chi connectivity index (χ1v) is 6.35. The van der Waals surface area contributed by atoms with Crippen LogP contribution in [-0.2, 0) is 14.3 Å². The van der Waals surface area contributed by atoms with Gasteiger partial charge in [0, 0.05) is 6.54 Å². The Morgan fingerprint density at radius 1 is 1.56 bits per heavy atom. The zero-order valence-corrected chi connectivity index (χ0v) is 11.2. The summed E-state index contributed by atoms with van der Waals surface area (Å²) in [6, 6.07) is -0.364.